The van der Waals surface area contributed by atoms with Crippen molar-refractivity contribution in [2.75, 3.05) is 0 Å². The smallest absolute Gasteiger partial charge is 0.0483 e. The number of aryl methyl sites for hydroxylation is 2. The highest BCUT2D eigenvalue weighted by atomic mass is 35.5. The van der Waals surface area contributed by atoms with Gasteiger partial charge >= 0.3 is 0 Å². The first-order valence-electron chi connectivity index (χ1n) is 5.96. The summed E-state index contributed by atoms with van der Waals surface area (Å²) in [6.07, 6.45) is 1.96. The largest absolute Gasteiger partial charge is 0.271 e. The number of nitrogens with two attached hydrogens (primary N) is 1. The fourth-order valence-electron chi connectivity index (χ4n) is 2.01. The number of rotatable bonds is 5. The second-order valence-corrected chi connectivity index (χ2v) is 5.73. The molecule has 1 heterocycles. The Bertz CT molecular complexity index is 497. The summed E-state index contributed by atoms with van der Waals surface area (Å²) in [6.45, 7) is 2.01. The fourth-order valence-corrected chi connectivity index (χ4v) is 2.99. The second-order valence-electron chi connectivity index (χ2n) is 4.32. The van der Waals surface area contributed by atoms with Crippen molar-refractivity contribution in [1.29, 1.82) is 0 Å². The number of nitrogens with one attached hydrogen (secondary N) is 1. The van der Waals surface area contributed by atoms with Crippen LogP contribution < -0.4 is 11.3 Å². The maximum absolute atomic E-state index is 6.33. The van der Waals surface area contributed by atoms with E-state index in [1.165, 1.54) is 4.88 Å². The fraction of sp³-hybridized carbons (Fsp3) is 0.286. The van der Waals surface area contributed by atoms with Gasteiger partial charge < -0.3 is 0 Å². The van der Waals surface area contributed by atoms with Crippen LogP contribution >= 0.6 is 22.9 Å². The highest BCUT2D eigenvalue weighted by Gasteiger charge is 2.14. The van der Waals surface area contributed by atoms with E-state index in [1.54, 1.807) is 11.3 Å². The summed E-state index contributed by atoms with van der Waals surface area (Å²) in [5.41, 5.74) is 5.04. The van der Waals surface area contributed by atoms with Gasteiger partial charge in [0.15, 0.2) is 0 Å². The summed E-state index contributed by atoms with van der Waals surface area (Å²) in [6, 6.07) is 10.4. The Morgan fingerprint density at radius 1 is 1.33 bits per heavy atom. The van der Waals surface area contributed by atoms with Crippen molar-refractivity contribution in [3.63, 3.8) is 0 Å². The summed E-state index contributed by atoms with van der Waals surface area (Å²) in [5.74, 6) is 5.66. The van der Waals surface area contributed by atoms with E-state index in [1.807, 2.05) is 25.1 Å². The van der Waals surface area contributed by atoms with E-state index in [2.05, 4.69) is 22.9 Å². The molecular formula is C14H17ClN2S. The molecule has 2 nitrogen and oxygen atoms in total. The van der Waals surface area contributed by atoms with Gasteiger partial charge in [0, 0.05) is 15.9 Å². The molecule has 1 atom stereocenters. The molecule has 0 aliphatic carbocycles. The van der Waals surface area contributed by atoms with E-state index in [4.69, 9.17) is 17.4 Å². The van der Waals surface area contributed by atoms with Gasteiger partial charge in [-0.15, -0.1) is 11.3 Å². The third kappa shape index (κ3) is 3.12. The van der Waals surface area contributed by atoms with Crippen molar-refractivity contribution >= 4 is 22.9 Å². The summed E-state index contributed by atoms with van der Waals surface area (Å²) < 4.78 is 0. The minimum absolute atomic E-state index is 0.0968. The maximum Gasteiger partial charge on any atom is 0.0483 e. The molecule has 18 heavy (non-hydrogen) atoms. The molecule has 0 fully saturated rings. The zero-order valence-electron chi connectivity index (χ0n) is 10.3. The van der Waals surface area contributed by atoms with Crippen LogP contribution in [0.15, 0.2) is 35.7 Å². The minimum atomic E-state index is 0.0968. The highest BCUT2D eigenvalue weighted by Crippen LogP contribution is 2.28. The van der Waals surface area contributed by atoms with Gasteiger partial charge in [0.1, 0.15) is 0 Å². The zero-order chi connectivity index (χ0) is 13.0. The first-order valence-corrected chi connectivity index (χ1v) is 7.21. The molecule has 0 bridgehead atoms. The van der Waals surface area contributed by atoms with Gasteiger partial charge in [0.25, 0.3) is 0 Å². The lowest BCUT2D eigenvalue weighted by Crippen LogP contribution is -2.28. The standard InChI is InChI=1S/C14H17ClN2S/c1-10-4-2-6-12(14(10)15)13(17-16)8-7-11-5-3-9-18-11/h2-6,9,13,17H,7-8,16H2,1H3. The molecule has 0 saturated carbocycles. The molecule has 0 amide bonds. The summed E-state index contributed by atoms with van der Waals surface area (Å²) in [4.78, 5) is 1.37. The lowest BCUT2D eigenvalue weighted by atomic mass is 10.00. The number of benzene rings is 1. The Kier molecular flexibility index (Phi) is 4.78. The van der Waals surface area contributed by atoms with E-state index in [-0.39, 0.29) is 6.04 Å². The third-order valence-corrected chi connectivity index (χ3v) is 4.51. The summed E-state index contributed by atoms with van der Waals surface area (Å²) >= 11 is 8.11. The van der Waals surface area contributed by atoms with E-state index >= 15 is 0 Å². The Balaban J connectivity index is 2.10. The van der Waals surface area contributed by atoms with Crippen LogP contribution in [0.4, 0.5) is 0 Å². The molecule has 0 aliphatic heterocycles. The van der Waals surface area contributed by atoms with Crippen LogP contribution in [0, 0.1) is 6.92 Å². The Hall–Kier alpha value is -0.870. The summed E-state index contributed by atoms with van der Waals surface area (Å²) in [7, 11) is 0. The quantitative estimate of drug-likeness (QED) is 0.645. The van der Waals surface area contributed by atoms with Gasteiger partial charge in [-0.3, -0.25) is 11.3 Å². The molecule has 0 aliphatic rings. The summed E-state index contributed by atoms with van der Waals surface area (Å²) in [5, 5.41) is 2.91. The molecule has 1 unspecified atom stereocenters. The molecule has 1 aromatic carbocycles. The van der Waals surface area contributed by atoms with Crippen LogP contribution in [0.1, 0.15) is 28.5 Å². The lowest BCUT2D eigenvalue weighted by molar-refractivity contribution is 0.518. The zero-order valence-corrected chi connectivity index (χ0v) is 11.9. The number of hydrogen-bond acceptors (Lipinski definition) is 3. The van der Waals surface area contributed by atoms with Crippen molar-refractivity contribution in [2.45, 2.75) is 25.8 Å². The minimum Gasteiger partial charge on any atom is -0.271 e. The first-order chi connectivity index (χ1) is 8.72. The van der Waals surface area contributed by atoms with E-state index < -0.39 is 0 Å². The van der Waals surface area contributed by atoms with Gasteiger partial charge in [-0.1, -0.05) is 35.9 Å². The van der Waals surface area contributed by atoms with E-state index in [0.29, 0.717) is 0 Å². The maximum atomic E-state index is 6.33. The molecule has 96 valence electrons. The van der Waals surface area contributed by atoms with E-state index in [9.17, 15) is 0 Å². The van der Waals surface area contributed by atoms with Gasteiger partial charge in [0.05, 0.1) is 0 Å². The Labute approximate surface area is 117 Å². The molecule has 4 heteroatoms. The van der Waals surface area contributed by atoms with Crippen LogP contribution in [0.5, 0.6) is 0 Å². The molecule has 1 aromatic heterocycles. The van der Waals surface area contributed by atoms with Gasteiger partial charge in [0.2, 0.25) is 0 Å². The number of halogens is 1. The SMILES string of the molecule is Cc1cccc(C(CCc2cccs2)NN)c1Cl. The molecule has 0 spiro atoms. The Morgan fingerprint density at radius 2 is 2.17 bits per heavy atom. The predicted octanol–water partition coefficient (Wildman–Crippen LogP) is 3.85. The molecule has 2 aromatic rings. The van der Waals surface area contributed by atoms with Gasteiger partial charge in [-0.25, -0.2) is 0 Å². The number of hydrazine groups is 1. The van der Waals surface area contributed by atoms with Crippen LogP contribution in [-0.2, 0) is 6.42 Å². The van der Waals surface area contributed by atoms with Crippen LogP contribution in [0.3, 0.4) is 0 Å². The van der Waals surface area contributed by atoms with Crippen LogP contribution in [-0.4, -0.2) is 0 Å². The van der Waals surface area contributed by atoms with Crippen molar-refractivity contribution in [3.05, 3.63) is 56.7 Å². The molecule has 2 rings (SSSR count). The molecular weight excluding hydrogens is 264 g/mol. The highest BCUT2D eigenvalue weighted by molar-refractivity contribution is 7.09. The van der Waals surface area contributed by atoms with Crippen LogP contribution in [0.2, 0.25) is 5.02 Å². The number of hydrogen-bond donors (Lipinski definition) is 2. The molecule has 3 N–H and O–H groups in total. The van der Waals surface area contributed by atoms with Crippen molar-refractivity contribution in [2.24, 2.45) is 5.84 Å². The third-order valence-electron chi connectivity index (χ3n) is 3.06. The average molecular weight is 281 g/mol. The van der Waals surface area contributed by atoms with Crippen molar-refractivity contribution < 1.29 is 0 Å². The van der Waals surface area contributed by atoms with Crippen LogP contribution in [0.25, 0.3) is 0 Å². The normalized spacial score (nSPS) is 12.6. The van der Waals surface area contributed by atoms with Gasteiger partial charge in [-0.05, 0) is 42.3 Å². The Morgan fingerprint density at radius 3 is 2.83 bits per heavy atom. The van der Waals surface area contributed by atoms with Crippen molar-refractivity contribution in [1.82, 2.24) is 5.43 Å². The first kappa shape index (κ1) is 13.6. The predicted molar refractivity (Wildman–Crippen MR) is 78.9 cm³/mol. The topological polar surface area (TPSA) is 38.0 Å². The number of thiophene rings is 1. The average Bonchev–Trinajstić information content (AvgIpc) is 2.88. The monoisotopic (exact) mass is 280 g/mol. The van der Waals surface area contributed by atoms with Gasteiger partial charge in [-0.2, -0.15) is 0 Å². The van der Waals surface area contributed by atoms with E-state index in [0.717, 1.165) is 29.0 Å². The lowest BCUT2D eigenvalue weighted by Gasteiger charge is -2.18. The second kappa shape index (κ2) is 6.34. The molecule has 0 saturated heterocycles. The molecule has 0 radical (unpaired) electrons. The van der Waals surface area contributed by atoms with Crippen molar-refractivity contribution in [3.8, 4) is 0 Å².